The normalized spacial score (nSPS) is 14.5. The van der Waals surface area contributed by atoms with Gasteiger partial charge in [-0.15, -0.1) is 0 Å². The van der Waals surface area contributed by atoms with Crippen molar-refractivity contribution in [2.24, 2.45) is 16.7 Å². The number of rotatable bonds is 11. The molecule has 0 unspecified atom stereocenters. The van der Waals surface area contributed by atoms with Crippen LogP contribution >= 0.6 is 11.6 Å². The third kappa shape index (κ3) is 11.1. The minimum atomic E-state index is -0.373. The number of unbranched alkanes of at least 4 members (excludes halogenated alkanes) is 1. The molecule has 0 bridgehead atoms. The van der Waals surface area contributed by atoms with Crippen molar-refractivity contribution in [1.29, 1.82) is 0 Å². The molecule has 1 aliphatic heterocycles. The number of nitrogens with zero attached hydrogens (tertiary/aromatic N) is 4. The molecule has 0 aliphatic carbocycles. The number of hydrogen-bond acceptors (Lipinski definition) is 8. The predicted molar refractivity (Wildman–Crippen MR) is 184 cm³/mol. The first kappa shape index (κ1) is 37.0. The van der Waals surface area contributed by atoms with E-state index in [2.05, 4.69) is 56.4 Å². The minimum Gasteiger partial charge on any atom is -0.463 e. The van der Waals surface area contributed by atoms with Crippen molar-refractivity contribution in [2.75, 3.05) is 32.0 Å². The highest BCUT2D eigenvalue weighted by Crippen LogP contribution is 2.23. The number of likely N-dealkylation sites (tertiary alicyclic amines) is 1. The van der Waals surface area contributed by atoms with Crippen LogP contribution in [0.1, 0.15) is 91.7 Å². The molecule has 1 aromatic carbocycles. The lowest BCUT2D eigenvalue weighted by Crippen LogP contribution is -2.37. The topological polar surface area (TPSA) is 148 Å². The number of aromatic nitrogens is 4. The van der Waals surface area contributed by atoms with Gasteiger partial charge in [-0.2, -0.15) is 9.97 Å². The van der Waals surface area contributed by atoms with E-state index in [0.29, 0.717) is 30.2 Å². The van der Waals surface area contributed by atoms with Crippen LogP contribution in [-0.2, 0) is 22.7 Å². The number of fused-ring (bicyclic) bond motifs is 1. The molecule has 12 heteroatoms. The second-order valence-electron chi connectivity index (χ2n) is 14.2. The number of halogens is 1. The molecule has 4 N–H and O–H groups in total. The summed E-state index contributed by atoms with van der Waals surface area (Å²) in [4.78, 5) is 48.9. The fraction of sp³-hybridized carbons (Fsp3) is 0.618. The molecule has 1 aliphatic rings. The van der Waals surface area contributed by atoms with Crippen molar-refractivity contribution in [2.45, 2.75) is 93.7 Å². The van der Waals surface area contributed by atoms with Crippen LogP contribution in [-0.4, -0.2) is 61.8 Å². The number of nitrogens with two attached hydrogens (primary N) is 1. The third-order valence-corrected chi connectivity index (χ3v) is 8.51. The number of amides is 1. The SMILES string of the molecule is CC(C)(C)C(=O)Cl.CCCCOc1nc(N)c2[nH]c(=O)n(Cc3ccc(CN4CCC(CCNC(=O)C(C)(C)C)CC4)cc3)c2n1. The Balaban J connectivity index is 0.000000738. The molecular formula is C34H52ClN7O4. The first-order valence-electron chi connectivity index (χ1n) is 16.3. The van der Waals surface area contributed by atoms with Crippen LogP contribution in [0.3, 0.4) is 0 Å². The summed E-state index contributed by atoms with van der Waals surface area (Å²) < 4.78 is 7.21. The summed E-state index contributed by atoms with van der Waals surface area (Å²) in [6, 6.07) is 8.58. The molecule has 1 saturated heterocycles. The van der Waals surface area contributed by atoms with E-state index >= 15 is 0 Å². The first-order valence-corrected chi connectivity index (χ1v) is 16.6. The Bertz CT molecular complexity index is 1500. The summed E-state index contributed by atoms with van der Waals surface area (Å²) >= 11 is 5.11. The Morgan fingerprint density at radius 3 is 2.15 bits per heavy atom. The highest BCUT2D eigenvalue weighted by molar-refractivity contribution is 6.64. The summed E-state index contributed by atoms with van der Waals surface area (Å²) in [6.45, 7) is 17.9. The number of nitrogen functional groups attached to an aromatic ring is 1. The van der Waals surface area contributed by atoms with E-state index in [-0.39, 0.29) is 39.5 Å². The molecule has 0 saturated carbocycles. The molecular weight excluding hydrogens is 606 g/mol. The van der Waals surface area contributed by atoms with Gasteiger partial charge in [0, 0.05) is 23.9 Å². The van der Waals surface area contributed by atoms with Crippen LogP contribution in [0, 0.1) is 16.7 Å². The van der Waals surface area contributed by atoms with Gasteiger partial charge >= 0.3 is 11.7 Å². The lowest BCUT2D eigenvalue weighted by atomic mass is 9.92. The van der Waals surface area contributed by atoms with Gasteiger partial charge in [-0.1, -0.05) is 79.2 Å². The van der Waals surface area contributed by atoms with Crippen LogP contribution in [0.4, 0.5) is 5.82 Å². The third-order valence-electron chi connectivity index (χ3n) is 7.95. The smallest absolute Gasteiger partial charge is 0.328 e. The number of benzene rings is 1. The van der Waals surface area contributed by atoms with Gasteiger partial charge in [0.2, 0.25) is 11.1 Å². The second-order valence-corrected chi connectivity index (χ2v) is 14.5. The number of imidazole rings is 1. The van der Waals surface area contributed by atoms with Crippen LogP contribution in [0.2, 0.25) is 0 Å². The number of piperidine rings is 1. The quantitative estimate of drug-likeness (QED) is 0.181. The highest BCUT2D eigenvalue weighted by atomic mass is 35.5. The Kier molecular flexibility index (Phi) is 13.2. The predicted octanol–water partition coefficient (Wildman–Crippen LogP) is 5.49. The molecule has 0 radical (unpaired) electrons. The summed E-state index contributed by atoms with van der Waals surface area (Å²) in [6.07, 6.45) is 5.24. The molecule has 1 amide bonds. The number of anilines is 1. The maximum Gasteiger partial charge on any atom is 0.328 e. The van der Waals surface area contributed by atoms with Crippen LogP contribution < -0.4 is 21.5 Å². The Morgan fingerprint density at radius 1 is 1.02 bits per heavy atom. The highest BCUT2D eigenvalue weighted by Gasteiger charge is 2.23. The van der Waals surface area contributed by atoms with Crippen LogP contribution in [0.5, 0.6) is 6.01 Å². The Labute approximate surface area is 277 Å². The zero-order chi connectivity index (χ0) is 34.1. The standard InChI is InChI=1S/C29H43N7O3.C5H9ClO/c1-5-6-17-39-27-33-24(30)23-25(34-27)36(28(38)32-23)19-22-9-7-21(8-10-22)18-35-15-12-20(13-16-35)11-14-31-26(37)29(2,3)4;1-5(2,3)4(6)7/h7-10,20H,5-6,11-19H2,1-4H3,(H,31,37)(H,32,38)(H2,30,33,34);1-3H3. The Hall–Kier alpha value is -3.44. The van der Waals surface area contributed by atoms with Crippen molar-refractivity contribution in [3.05, 3.63) is 45.9 Å². The molecule has 3 aromatic rings. The number of aromatic amines is 1. The molecule has 2 aromatic heterocycles. The van der Waals surface area contributed by atoms with Gasteiger partial charge in [0.05, 0.1) is 13.2 Å². The monoisotopic (exact) mass is 657 g/mol. The van der Waals surface area contributed by atoms with E-state index in [4.69, 9.17) is 22.1 Å². The average molecular weight is 658 g/mol. The van der Waals surface area contributed by atoms with Crippen molar-refractivity contribution in [1.82, 2.24) is 29.7 Å². The molecule has 0 atom stereocenters. The van der Waals surface area contributed by atoms with Crippen LogP contribution in [0.25, 0.3) is 11.2 Å². The van der Waals surface area contributed by atoms with Gasteiger partial charge in [0.25, 0.3) is 0 Å². The minimum absolute atomic E-state index is 0.122. The molecule has 11 nitrogen and oxygen atoms in total. The van der Waals surface area contributed by atoms with Crippen molar-refractivity contribution in [3.8, 4) is 6.01 Å². The molecule has 0 spiro atoms. The van der Waals surface area contributed by atoms with E-state index in [1.165, 1.54) is 5.56 Å². The van der Waals surface area contributed by atoms with Gasteiger partial charge < -0.3 is 20.8 Å². The largest absolute Gasteiger partial charge is 0.463 e. The fourth-order valence-corrected chi connectivity index (χ4v) is 4.83. The lowest BCUT2D eigenvalue weighted by molar-refractivity contribution is -0.128. The van der Waals surface area contributed by atoms with Crippen LogP contribution in [0.15, 0.2) is 29.1 Å². The average Bonchev–Trinajstić information content (AvgIpc) is 3.29. The number of carbonyl (C=O) groups is 2. The van der Waals surface area contributed by atoms with E-state index in [0.717, 1.165) is 63.8 Å². The van der Waals surface area contributed by atoms with Gasteiger partial charge in [0.15, 0.2) is 11.5 Å². The molecule has 254 valence electrons. The second kappa shape index (κ2) is 16.4. The van der Waals surface area contributed by atoms with Gasteiger partial charge in [-0.3, -0.25) is 19.1 Å². The van der Waals surface area contributed by atoms with Crippen molar-refractivity contribution in [3.63, 3.8) is 0 Å². The number of ether oxygens (including phenoxy) is 1. The first-order chi connectivity index (χ1) is 21.6. The van der Waals surface area contributed by atoms with E-state index in [1.54, 1.807) is 25.3 Å². The van der Waals surface area contributed by atoms with Gasteiger partial charge in [-0.25, -0.2) is 4.79 Å². The summed E-state index contributed by atoms with van der Waals surface area (Å²) in [5.74, 6) is 0.987. The lowest BCUT2D eigenvalue weighted by Gasteiger charge is -2.32. The van der Waals surface area contributed by atoms with Crippen molar-refractivity contribution >= 4 is 39.7 Å². The number of nitrogens with one attached hydrogen (secondary N) is 2. The molecule has 46 heavy (non-hydrogen) atoms. The fourth-order valence-electron chi connectivity index (χ4n) is 4.83. The van der Waals surface area contributed by atoms with Gasteiger partial charge in [-0.05, 0) is 67.4 Å². The Morgan fingerprint density at radius 2 is 1.61 bits per heavy atom. The number of hydrogen-bond donors (Lipinski definition) is 3. The maximum absolute atomic E-state index is 12.7. The molecule has 1 fully saturated rings. The summed E-state index contributed by atoms with van der Waals surface area (Å²) in [5.41, 5.74) is 8.22. The van der Waals surface area contributed by atoms with E-state index < -0.39 is 0 Å². The van der Waals surface area contributed by atoms with Gasteiger partial charge in [0.1, 0.15) is 5.52 Å². The zero-order valence-electron chi connectivity index (χ0n) is 28.5. The number of carbonyl (C=O) groups excluding carboxylic acids is 2. The summed E-state index contributed by atoms with van der Waals surface area (Å²) in [7, 11) is 0. The number of H-pyrrole nitrogens is 1. The maximum atomic E-state index is 12.7. The van der Waals surface area contributed by atoms with E-state index in [1.807, 2.05) is 20.8 Å². The summed E-state index contributed by atoms with van der Waals surface area (Å²) in [5, 5.41) is 2.79. The molecule has 3 heterocycles. The molecule has 4 rings (SSSR count). The zero-order valence-corrected chi connectivity index (χ0v) is 29.3. The van der Waals surface area contributed by atoms with Crippen molar-refractivity contribution < 1.29 is 14.3 Å². The van der Waals surface area contributed by atoms with E-state index in [9.17, 15) is 14.4 Å².